The standard InChI is InChI=1S/C11H15N3/c1-8-13-10-4-3-9(5-6-12)7-11(10)14(8)2/h3-4,7H,5-6,12H2,1-2H3. The third-order valence-corrected chi connectivity index (χ3v) is 2.60. The zero-order valence-electron chi connectivity index (χ0n) is 8.62. The first kappa shape index (κ1) is 9.21. The molecule has 14 heavy (non-hydrogen) atoms. The molecule has 3 heteroatoms. The molecule has 0 fully saturated rings. The second kappa shape index (κ2) is 3.42. The van der Waals surface area contributed by atoms with E-state index in [0.717, 1.165) is 17.8 Å². The Bertz CT molecular complexity index is 457. The number of aryl methyl sites for hydroxylation is 2. The van der Waals surface area contributed by atoms with Crippen molar-refractivity contribution >= 4 is 11.0 Å². The lowest BCUT2D eigenvalue weighted by atomic mass is 10.1. The second-order valence-corrected chi connectivity index (χ2v) is 3.58. The first-order chi connectivity index (χ1) is 6.72. The van der Waals surface area contributed by atoms with Crippen LogP contribution in [0, 0.1) is 6.92 Å². The number of benzene rings is 1. The lowest BCUT2D eigenvalue weighted by molar-refractivity contribution is 0.884. The van der Waals surface area contributed by atoms with E-state index in [2.05, 4.69) is 27.8 Å². The molecule has 0 saturated heterocycles. The molecule has 0 aliphatic rings. The van der Waals surface area contributed by atoms with Crippen molar-refractivity contribution < 1.29 is 0 Å². The van der Waals surface area contributed by atoms with Crippen molar-refractivity contribution in [3.8, 4) is 0 Å². The molecular weight excluding hydrogens is 174 g/mol. The molecule has 1 aromatic carbocycles. The fraction of sp³-hybridized carbons (Fsp3) is 0.364. The van der Waals surface area contributed by atoms with Crippen LogP contribution in [0.1, 0.15) is 11.4 Å². The lowest BCUT2D eigenvalue weighted by Crippen LogP contribution is -2.02. The van der Waals surface area contributed by atoms with Crippen LogP contribution in [-0.2, 0) is 13.5 Å². The van der Waals surface area contributed by atoms with Gasteiger partial charge in [0.25, 0.3) is 0 Å². The van der Waals surface area contributed by atoms with Crippen molar-refractivity contribution in [2.45, 2.75) is 13.3 Å². The monoisotopic (exact) mass is 189 g/mol. The van der Waals surface area contributed by atoms with Gasteiger partial charge in [0.15, 0.2) is 0 Å². The number of rotatable bonds is 2. The zero-order chi connectivity index (χ0) is 10.1. The summed E-state index contributed by atoms with van der Waals surface area (Å²) in [5, 5.41) is 0. The van der Waals surface area contributed by atoms with E-state index >= 15 is 0 Å². The topological polar surface area (TPSA) is 43.8 Å². The molecule has 0 aliphatic heterocycles. The van der Waals surface area contributed by atoms with E-state index in [-0.39, 0.29) is 0 Å². The van der Waals surface area contributed by atoms with Crippen LogP contribution < -0.4 is 5.73 Å². The maximum absolute atomic E-state index is 5.53. The van der Waals surface area contributed by atoms with Crippen LogP contribution >= 0.6 is 0 Å². The number of nitrogens with zero attached hydrogens (tertiary/aromatic N) is 2. The first-order valence-corrected chi connectivity index (χ1v) is 4.84. The highest BCUT2D eigenvalue weighted by Crippen LogP contribution is 2.16. The van der Waals surface area contributed by atoms with Crippen LogP contribution in [0.2, 0.25) is 0 Å². The summed E-state index contributed by atoms with van der Waals surface area (Å²) in [4.78, 5) is 4.45. The van der Waals surface area contributed by atoms with Gasteiger partial charge >= 0.3 is 0 Å². The molecule has 0 aliphatic carbocycles. The largest absolute Gasteiger partial charge is 0.331 e. The quantitative estimate of drug-likeness (QED) is 0.775. The number of aromatic nitrogens is 2. The van der Waals surface area contributed by atoms with Gasteiger partial charge in [-0.3, -0.25) is 0 Å². The SMILES string of the molecule is Cc1nc2ccc(CCN)cc2n1C. The Hall–Kier alpha value is -1.35. The molecule has 74 valence electrons. The summed E-state index contributed by atoms with van der Waals surface area (Å²) in [7, 11) is 2.04. The van der Waals surface area contributed by atoms with E-state index in [9.17, 15) is 0 Å². The zero-order valence-corrected chi connectivity index (χ0v) is 8.62. The molecule has 1 heterocycles. The van der Waals surface area contributed by atoms with Gasteiger partial charge in [0.05, 0.1) is 11.0 Å². The molecule has 0 bridgehead atoms. The van der Waals surface area contributed by atoms with Gasteiger partial charge in [-0.05, 0) is 37.6 Å². The van der Waals surface area contributed by atoms with E-state index in [1.165, 1.54) is 11.1 Å². The van der Waals surface area contributed by atoms with Gasteiger partial charge in [-0.15, -0.1) is 0 Å². The van der Waals surface area contributed by atoms with E-state index in [0.29, 0.717) is 6.54 Å². The van der Waals surface area contributed by atoms with E-state index in [1.54, 1.807) is 0 Å². The molecule has 1 aromatic heterocycles. The summed E-state index contributed by atoms with van der Waals surface area (Å²) >= 11 is 0. The van der Waals surface area contributed by atoms with E-state index < -0.39 is 0 Å². The minimum atomic E-state index is 0.697. The van der Waals surface area contributed by atoms with Crippen molar-refractivity contribution in [2.24, 2.45) is 12.8 Å². The van der Waals surface area contributed by atoms with Gasteiger partial charge in [-0.2, -0.15) is 0 Å². The van der Waals surface area contributed by atoms with Crippen LogP contribution in [0.5, 0.6) is 0 Å². The molecule has 2 N–H and O–H groups in total. The van der Waals surface area contributed by atoms with Gasteiger partial charge in [-0.1, -0.05) is 6.07 Å². The number of hydrogen-bond acceptors (Lipinski definition) is 2. The summed E-state index contributed by atoms with van der Waals surface area (Å²) in [6.45, 7) is 2.71. The summed E-state index contributed by atoms with van der Waals surface area (Å²) < 4.78 is 2.11. The van der Waals surface area contributed by atoms with Crippen molar-refractivity contribution in [3.05, 3.63) is 29.6 Å². The molecule has 0 atom stereocenters. The molecule has 2 aromatic rings. The smallest absolute Gasteiger partial charge is 0.106 e. The van der Waals surface area contributed by atoms with Crippen LogP contribution in [0.25, 0.3) is 11.0 Å². The Morgan fingerprint density at radius 1 is 1.43 bits per heavy atom. The molecule has 2 rings (SSSR count). The fourth-order valence-electron chi connectivity index (χ4n) is 1.68. The first-order valence-electron chi connectivity index (χ1n) is 4.84. The summed E-state index contributed by atoms with van der Waals surface area (Å²) in [6.07, 6.45) is 0.931. The van der Waals surface area contributed by atoms with Crippen molar-refractivity contribution in [1.29, 1.82) is 0 Å². The molecule has 0 saturated carbocycles. The minimum Gasteiger partial charge on any atom is -0.331 e. The Labute approximate surface area is 83.6 Å². The third kappa shape index (κ3) is 1.40. The van der Waals surface area contributed by atoms with Gasteiger partial charge in [-0.25, -0.2) is 4.98 Å². The van der Waals surface area contributed by atoms with Gasteiger partial charge in [0.1, 0.15) is 5.82 Å². The summed E-state index contributed by atoms with van der Waals surface area (Å²) in [5.74, 6) is 1.05. The Kier molecular flexibility index (Phi) is 2.25. The molecule has 0 spiro atoms. The minimum absolute atomic E-state index is 0.697. The average molecular weight is 189 g/mol. The molecule has 0 unspecified atom stereocenters. The highest BCUT2D eigenvalue weighted by atomic mass is 15.0. The molecule has 0 amide bonds. The fourth-order valence-corrected chi connectivity index (χ4v) is 1.68. The third-order valence-electron chi connectivity index (χ3n) is 2.60. The Morgan fingerprint density at radius 3 is 2.93 bits per heavy atom. The average Bonchev–Trinajstić information content (AvgIpc) is 2.45. The van der Waals surface area contributed by atoms with Gasteiger partial charge in [0.2, 0.25) is 0 Å². The highest BCUT2D eigenvalue weighted by Gasteiger charge is 2.03. The van der Waals surface area contributed by atoms with Crippen LogP contribution in [0.4, 0.5) is 0 Å². The highest BCUT2D eigenvalue weighted by molar-refractivity contribution is 5.76. The summed E-state index contributed by atoms with van der Waals surface area (Å²) in [5.41, 5.74) is 9.06. The van der Waals surface area contributed by atoms with Gasteiger partial charge < -0.3 is 10.3 Å². The second-order valence-electron chi connectivity index (χ2n) is 3.58. The van der Waals surface area contributed by atoms with Crippen LogP contribution in [-0.4, -0.2) is 16.1 Å². The lowest BCUT2D eigenvalue weighted by Gasteiger charge is -2.00. The molecule has 3 nitrogen and oxygen atoms in total. The molecular formula is C11H15N3. The molecule has 0 radical (unpaired) electrons. The normalized spacial score (nSPS) is 11.1. The van der Waals surface area contributed by atoms with Gasteiger partial charge in [0, 0.05) is 7.05 Å². The maximum Gasteiger partial charge on any atom is 0.106 e. The van der Waals surface area contributed by atoms with Crippen LogP contribution in [0.15, 0.2) is 18.2 Å². The van der Waals surface area contributed by atoms with Crippen molar-refractivity contribution in [1.82, 2.24) is 9.55 Å². The summed E-state index contributed by atoms with van der Waals surface area (Å²) in [6, 6.07) is 6.33. The Morgan fingerprint density at radius 2 is 2.21 bits per heavy atom. The predicted molar refractivity (Wildman–Crippen MR) is 58.2 cm³/mol. The number of imidazole rings is 1. The predicted octanol–water partition coefficient (Wildman–Crippen LogP) is 1.38. The van der Waals surface area contributed by atoms with Crippen molar-refractivity contribution in [3.63, 3.8) is 0 Å². The van der Waals surface area contributed by atoms with E-state index in [1.807, 2.05) is 14.0 Å². The number of fused-ring (bicyclic) bond motifs is 1. The Balaban J connectivity index is 2.58. The van der Waals surface area contributed by atoms with Crippen molar-refractivity contribution in [2.75, 3.05) is 6.54 Å². The van der Waals surface area contributed by atoms with E-state index in [4.69, 9.17) is 5.73 Å². The number of hydrogen-bond donors (Lipinski definition) is 1. The number of nitrogens with two attached hydrogens (primary N) is 1. The maximum atomic E-state index is 5.53. The van der Waals surface area contributed by atoms with Crippen LogP contribution in [0.3, 0.4) is 0 Å².